The highest BCUT2D eigenvalue weighted by atomic mass is 32.2. The number of carbonyl (C=O) groups is 1. The smallest absolute Gasteiger partial charge is 0.243 e. The Kier molecular flexibility index (Phi) is 7.31. The van der Waals surface area contributed by atoms with E-state index in [9.17, 15) is 9.18 Å². The Morgan fingerprint density at radius 3 is 2.68 bits per heavy atom. The molecule has 0 spiro atoms. The summed E-state index contributed by atoms with van der Waals surface area (Å²) in [5.74, 6) is 1.88. The molecule has 0 saturated carbocycles. The number of guanidine groups is 1. The summed E-state index contributed by atoms with van der Waals surface area (Å²) in [5, 5.41) is 5.86. The third-order valence-electron chi connectivity index (χ3n) is 4.56. The molecule has 148 valence electrons. The summed E-state index contributed by atoms with van der Waals surface area (Å²) < 4.78 is 12.9. The lowest BCUT2D eigenvalue weighted by atomic mass is 10.2. The minimum atomic E-state index is -0.328. The maximum atomic E-state index is 12.9. The third kappa shape index (κ3) is 5.99. The summed E-state index contributed by atoms with van der Waals surface area (Å²) in [6.07, 6.45) is 1.11. The molecule has 1 saturated heterocycles. The largest absolute Gasteiger partial charge is 0.347 e. The second kappa shape index (κ2) is 10.1. The first kappa shape index (κ1) is 20.2. The van der Waals surface area contributed by atoms with Gasteiger partial charge in [0.25, 0.3) is 0 Å². The lowest BCUT2D eigenvalue weighted by molar-refractivity contribution is -0.115. The van der Waals surface area contributed by atoms with Crippen LogP contribution in [0.2, 0.25) is 0 Å². The lowest BCUT2D eigenvalue weighted by Gasteiger charge is -2.21. The second-order valence-electron chi connectivity index (χ2n) is 6.68. The highest BCUT2D eigenvalue weighted by molar-refractivity contribution is 7.99. The molecule has 5 nitrogen and oxygen atoms in total. The highest BCUT2D eigenvalue weighted by Gasteiger charge is 2.25. The summed E-state index contributed by atoms with van der Waals surface area (Å²) in [4.78, 5) is 19.9. The molecule has 0 aliphatic carbocycles. The topological polar surface area (TPSA) is 56.7 Å². The minimum Gasteiger partial charge on any atom is -0.347 e. The summed E-state index contributed by atoms with van der Waals surface area (Å²) in [6, 6.07) is 16.1. The van der Waals surface area contributed by atoms with Crippen LogP contribution in [0.25, 0.3) is 0 Å². The van der Waals surface area contributed by atoms with E-state index in [0.717, 1.165) is 31.2 Å². The Labute approximate surface area is 169 Å². The molecule has 2 aromatic rings. The molecule has 2 aromatic carbocycles. The molecule has 28 heavy (non-hydrogen) atoms. The maximum absolute atomic E-state index is 12.9. The van der Waals surface area contributed by atoms with Crippen LogP contribution >= 0.6 is 11.8 Å². The van der Waals surface area contributed by atoms with Crippen molar-refractivity contribution < 1.29 is 9.18 Å². The summed E-state index contributed by atoms with van der Waals surface area (Å²) >= 11 is 1.88. The van der Waals surface area contributed by atoms with Gasteiger partial charge in [0.05, 0.1) is 6.54 Å². The summed E-state index contributed by atoms with van der Waals surface area (Å²) in [7, 11) is 1.73. The molecule has 1 fully saturated rings. The SMILES string of the molecule is CN=C(NCC(=O)Nc1ccc(F)cc1)N1CCC(CSc2ccccc2)C1. The molecule has 7 heteroatoms. The fraction of sp³-hybridized carbons (Fsp3) is 0.333. The number of benzene rings is 2. The van der Waals surface area contributed by atoms with Crippen molar-refractivity contribution >= 4 is 29.3 Å². The second-order valence-corrected chi connectivity index (χ2v) is 7.77. The number of nitrogens with one attached hydrogen (secondary N) is 2. The van der Waals surface area contributed by atoms with Gasteiger partial charge in [-0.25, -0.2) is 4.39 Å². The molecule has 3 rings (SSSR count). The van der Waals surface area contributed by atoms with E-state index < -0.39 is 0 Å². The van der Waals surface area contributed by atoms with Gasteiger partial charge in [-0.2, -0.15) is 0 Å². The normalized spacial score (nSPS) is 16.9. The Morgan fingerprint density at radius 1 is 1.21 bits per heavy atom. The average Bonchev–Trinajstić information content (AvgIpc) is 3.18. The van der Waals surface area contributed by atoms with Crippen LogP contribution in [0, 0.1) is 11.7 Å². The Bertz CT molecular complexity index is 798. The lowest BCUT2D eigenvalue weighted by Crippen LogP contribution is -2.43. The van der Waals surface area contributed by atoms with Crippen molar-refractivity contribution in [2.75, 3.05) is 37.8 Å². The third-order valence-corrected chi connectivity index (χ3v) is 5.80. The van der Waals surface area contributed by atoms with Gasteiger partial charge in [-0.05, 0) is 48.7 Å². The molecular formula is C21H25FN4OS. The van der Waals surface area contributed by atoms with Gasteiger partial charge in [0.1, 0.15) is 5.82 Å². The number of thioether (sulfide) groups is 1. The molecule has 0 aromatic heterocycles. The maximum Gasteiger partial charge on any atom is 0.243 e. The van der Waals surface area contributed by atoms with Crippen molar-refractivity contribution in [1.29, 1.82) is 0 Å². The van der Waals surface area contributed by atoms with Crippen LogP contribution in [0.4, 0.5) is 10.1 Å². The van der Waals surface area contributed by atoms with Crippen LogP contribution in [0.1, 0.15) is 6.42 Å². The zero-order valence-electron chi connectivity index (χ0n) is 15.9. The summed E-state index contributed by atoms with van der Waals surface area (Å²) in [5.41, 5.74) is 0.572. The number of aliphatic imine (C=N–C) groups is 1. The van der Waals surface area contributed by atoms with Gasteiger partial charge in [-0.1, -0.05) is 18.2 Å². The van der Waals surface area contributed by atoms with Gasteiger partial charge < -0.3 is 15.5 Å². The Morgan fingerprint density at radius 2 is 1.96 bits per heavy atom. The van der Waals surface area contributed by atoms with E-state index in [1.165, 1.54) is 29.2 Å². The standard InChI is InChI=1S/C21H25FN4OS/c1-23-21(24-13-20(27)25-18-9-7-17(22)8-10-18)26-12-11-16(14-26)15-28-19-5-3-2-4-6-19/h2-10,16H,11-15H2,1H3,(H,23,24)(H,25,27). The zero-order valence-corrected chi connectivity index (χ0v) is 16.7. The number of carbonyl (C=O) groups excluding carboxylic acids is 1. The number of halogens is 1. The Balaban J connectivity index is 1.42. The Hall–Kier alpha value is -2.54. The van der Waals surface area contributed by atoms with Crippen LogP contribution in [0.3, 0.4) is 0 Å². The monoisotopic (exact) mass is 400 g/mol. The van der Waals surface area contributed by atoms with E-state index in [1.807, 2.05) is 17.8 Å². The summed E-state index contributed by atoms with van der Waals surface area (Å²) in [6.45, 7) is 1.97. The number of anilines is 1. The number of hydrogen-bond donors (Lipinski definition) is 2. The molecule has 1 atom stereocenters. The van der Waals surface area contributed by atoms with E-state index in [1.54, 1.807) is 7.05 Å². The van der Waals surface area contributed by atoms with Crippen LogP contribution in [-0.4, -0.2) is 49.2 Å². The van der Waals surface area contributed by atoms with E-state index in [-0.39, 0.29) is 18.3 Å². The molecule has 2 N–H and O–H groups in total. The van der Waals surface area contributed by atoms with Crippen molar-refractivity contribution in [3.05, 3.63) is 60.4 Å². The molecule has 0 bridgehead atoms. The van der Waals surface area contributed by atoms with E-state index in [2.05, 4.69) is 44.8 Å². The number of rotatable bonds is 6. The van der Waals surface area contributed by atoms with Crippen LogP contribution in [-0.2, 0) is 4.79 Å². The first-order chi connectivity index (χ1) is 13.6. The van der Waals surface area contributed by atoms with Gasteiger partial charge in [0.2, 0.25) is 5.91 Å². The molecule has 1 unspecified atom stereocenters. The fourth-order valence-corrected chi connectivity index (χ4v) is 4.17. The van der Waals surface area contributed by atoms with E-state index in [0.29, 0.717) is 11.6 Å². The van der Waals surface area contributed by atoms with Crippen molar-refractivity contribution in [3.63, 3.8) is 0 Å². The van der Waals surface area contributed by atoms with Crippen LogP contribution < -0.4 is 10.6 Å². The number of likely N-dealkylation sites (tertiary alicyclic amines) is 1. The van der Waals surface area contributed by atoms with Gasteiger partial charge in [-0.3, -0.25) is 9.79 Å². The predicted octanol–water partition coefficient (Wildman–Crippen LogP) is 3.45. The first-order valence-electron chi connectivity index (χ1n) is 9.33. The van der Waals surface area contributed by atoms with Gasteiger partial charge in [0, 0.05) is 36.5 Å². The van der Waals surface area contributed by atoms with Gasteiger partial charge in [-0.15, -0.1) is 11.8 Å². The minimum absolute atomic E-state index is 0.115. The number of hydrogen-bond acceptors (Lipinski definition) is 3. The van der Waals surface area contributed by atoms with Crippen LogP contribution in [0.15, 0.2) is 64.5 Å². The molecule has 1 heterocycles. The number of amides is 1. The van der Waals surface area contributed by atoms with Crippen LogP contribution in [0.5, 0.6) is 0 Å². The van der Waals surface area contributed by atoms with E-state index >= 15 is 0 Å². The number of nitrogens with zero attached hydrogens (tertiary/aromatic N) is 2. The zero-order chi connectivity index (χ0) is 19.8. The van der Waals surface area contributed by atoms with E-state index in [4.69, 9.17) is 0 Å². The van der Waals surface area contributed by atoms with Crippen molar-refractivity contribution in [2.45, 2.75) is 11.3 Å². The molecular weight excluding hydrogens is 375 g/mol. The quantitative estimate of drug-likeness (QED) is 0.443. The molecule has 1 amide bonds. The average molecular weight is 401 g/mol. The van der Waals surface area contributed by atoms with Crippen molar-refractivity contribution in [2.24, 2.45) is 10.9 Å². The molecule has 0 radical (unpaired) electrons. The van der Waals surface area contributed by atoms with Gasteiger partial charge >= 0.3 is 0 Å². The highest BCUT2D eigenvalue weighted by Crippen LogP contribution is 2.25. The fourth-order valence-electron chi connectivity index (χ4n) is 3.12. The first-order valence-corrected chi connectivity index (χ1v) is 10.3. The van der Waals surface area contributed by atoms with Crippen molar-refractivity contribution in [3.8, 4) is 0 Å². The molecule has 1 aliphatic heterocycles. The molecule has 1 aliphatic rings. The van der Waals surface area contributed by atoms with Gasteiger partial charge in [0.15, 0.2) is 5.96 Å². The van der Waals surface area contributed by atoms with Crippen molar-refractivity contribution in [1.82, 2.24) is 10.2 Å². The predicted molar refractivity (Wildman–Crippen MR) is 113 cm³/mol.